The maximum absolute atomic E-state index is 14.0. The third kappa shape index (κ3) is 16.4. The van der Waals surface area contributed by atoms with Gasteiger partial charge in [0.05, 0.1) is 17.4 Å². The van der Waals surface area contributed by atoms with Gasteiger partial charge < -0.3 is 24.2 Å². The van der Waals surface area contributed by atoms with Gasteiger partial charge in [-0.1, -0.05) is 0 Å². The first-order valence-electron chi connectivity index (χ1n) is 11.7. The second-order valence-corrected chi connectivity index (χ2v) is 14.2. The molecule has 0 aromatic carbocycles. The average molecular weight is 523 g/mol. The normalized spacial score (nSPS) is 16.0. The van der Waals surface area contributed by atoms with Crippen molar-refractivity contribution in [1.82, 2.24) is 0 Å². The van der Waals surface area contributed by atoms with Crippen LogP contribution >= 0.6 is 7.37 Å². The molecule has 0 spiro atoms. The Bertz CT molecular complexity index is 799. The number of esters is 2. The lowest BCUT2D eigenvalue weighted by atomic mass is 10.0. The van der Waals surface area contributed by atoms with Crippen LogP contribution in [0.5, 0.6) is 0 Å². The van der Waals surface area contributed by atoms with Crippen molar-refractivity contribution in [2.24, 2.45) is 11.8 Å². The van der Waals surface area contributed by atoms with Crippen molar-refractivity contribution < 1.29 is 48.0 Å². The van der Waals surface area contributed by atoms with Gasteiger partial charge in [0.1, 0.15) is 11.2 Å². The minimum Gasteiger partial charge on any atom is -0.481 e. The third-order valence-electron chi connectivity index (χ3n) is 4.35. The average Bonchev–Trinajstić information content (AvgIpc) is 2.57. The molecule has 35 heavy (non-hydrogen) atoms. The van der Waals surface area contributed by atoms with Gasteiger partial charge in [0.15, 0.2) is 0 Å². The Morgan fingerprint density at radius 2 is 1.17 bits per heavy atom. The SMILES string of the molecule is CC(C)(C)OC(=O)CCC(CP(=O)(CC(CCC(=O)O)C(=O)O)OC(C)(C)C)C(=O)OC(C)(C)C. The van der Waals surface area contributed by atoms with Gasteiger partial charge >= 0.3 is 23.9 Å². The van der Waals surface area contributed by atoms with Crippen LogP contribution in [-0.2, 0) is 37.7 Å². The van der Waals surface area contributed by atoms with Crippen molar-refractivity contribution in [2.75, 3.05) is 12.3 Å². The lowest BCUT2D eigenvalue weighted by Gasteiger charge is -2.32. The van der Waals surface area contributed by atoms with Crippen molar-refractivity contribution in [1.29, 1.82) is 0 Å². The molecule has 0 amide bonds. The monoisotopic (exact) mass is 522 g/mol. The van der Waals surface area contributed by atoms with E-state index in [-0.39, 0.29) is 25.4 Å². The minimum absolute atomic E-state index is 0.0335. The molecule has 0 rings (SSSR count). The molecular formula is C24H43O10P. The van der Waals surface area contributed by atoms with Gasteiger partial charge in [-0.3, -0.25) is 23.7 Å². The van der Waals surface area contributed by atoms with Gasteiger partial charge in [-0.15, -0.1) is 0 Å². The van der Waals surface area contributed by atoms with Crippen LogP contribution in [0.1, 0.15) is 88.0 Å². The number of ether oxygens (including phenoxy) is 2. The molecular weight excluding hydrogens is 479 g/mol. The van der Waals surface area contributed by atoms with E-state index in [1.54, 1.807) is 62.3 Å². The molecule has 0 fully saturated rings. The van der Waals surface area contributed by atoms with Crippen LogP contribution in [0.2, 0.25) is 0 Å². The van der Waals surface area contributed by atoms with Gasteiger partial charge in [-0.25, -0.2) is 0 Å². The summed E-state index contributed by atoms with van der Waals surface area (Å²) in [5.74, 6) is -5.97. The fourth-order valence-corrected chi connectivity index (χ4v) is 6.57. The molecule has 204 valence electrons. The van der Waals surface area contributed by atoms with E-state index in [4.69, 9.17) is 19.1 Å². The fourth-order valence-electron chi connectivity index (χ4n) is 3.26. The van der Waals surface area contributed by atoms with Crippen LogP contribution in [0.3, 0.4) is 0 Å². The maximum Gasteiger partial charge on any atom is 0.310 e. The highest BCUT2D eigenvalue weighted by molar-refractivity contribution is 7.59. The molecule has 3 atom stereocenters. The summed E-state index contributed by atoms with van der Waals surface area (Å²) in [6.07, 6.45) is -1.62. The zero-order chi connectivity index (χ0) is 27.8. The van der Waals surface area contributed by atoms with Crippen molar-refractivity contribution in [3.05, 3.63) is 0 Å². The molecule has 3 unspecified atom stereocenters. The van der Waals surface area contributed by atoms with Gasteiger partial charge in [0, 0.05) is 25.2 Å². The Labute approximate surface area is 208 Å². The molecule has 0 saturated heterocycles. The summed E-state index contributed by atoms with van der Waals surface area (Å²) >= 11 is 0. The summed E-state index contributed by atoms with van der Waals surface area (Å²) in [5.41, 5.74) is -2.50. The van der Waals surface area contributed by atoms with Crippen LogP contribution in [-0.4, -0.2) is 63.2 Å². The van der Waals surface area contributed by atoms with E-state index >= 15 is 0 Å². The first kappa shape index (κ1) is 33.1. The number of carboxylic acids is 2. The first-order valence-corrected chi connectivity index (χ1v) is 13.7. The molecule has 0 aromatic rings. The topological polar surface area (TPSA) is 154 Å². The van der Waals surface area contributed by atoms with Gasteiger partial charge in [-0.2, -0.15) is 0 Å². The van der Waals surface area contributed by atoms with Crippen LogP contribution < -0.4 is 0 Å². The van der Waals surface area contributed by atoms with Crippen molar-refractivity contribution >= 4 is 31.2 Å². The van der Waals surface area contributed by atoms with Gasteiger partial charge in [0.25, 0.3) is 0 Å². The molecule has 0 radical (unpaired) electrons. The van der Waals surface area contributed by atoms with Crippen LogP contribution in [0.25, 0.3) is 0 Å². The molecule has 10 nitrogen and oxygen atoms in total. The van der Waals surface area contributed by atoms with Gasteiger partial charge in [0.2, 0.25) is 7.37 Å². The molecule has 0 aliphatic rings. The van der Waals surface area contributed by atoms with Gasteiger partial charge in [-0.05, 0) is 75.2 Å². The highest BCUT2D eigenvalue weighted by atomic mass is 31.2. The van der Waals surface area contributed by atoms with Crippen molar-refractivity contribution in [3.63, 3.8) is 0 Å². The molecule has 0 aliphatic carbocycles. The molecule has 2 N–H and O–H groups in total. The van der Waals surface area contributed by atoms with Crippen molar-refractivity contribution in [3.8, 4) is 0 Å². The lowest BCUT2D eigenvalue weighted by Crippen LogP contribution is -2.33. The van der Waals surface area contributed by atoms with Crippen LogP contribution in [0, 0.1) is 11.8 Å². The third-order valence-corrected chi connectivity index (χ3v) is 7.22. The largest absolute Gasteiger partial charge is 0.481 e. The van der Waals surface area contributed by atoms with E-state index in [0.29, 0.717) is 0 Å². The number of carbonyl (C=O) groups is 4. The maximum atomic E-state index is 14.0. The summed E-state index contributed by atoms with van der Waals surface area (Å²) < 4.78 is 30.6. The minimum atomic E-state index is -3.81. The first-order chi connectivity index (χ1) is 15.5. The van der Waals surface area contributed by atoms with E-state index in [1.165, 1.54) is 0 Å². The second-order valence-electron chi connectivity index (χ2n) is 11.7. The number of carboxylic acid groups (broad SMARTS) is 2. The van der Waals surface area contributed by atoms with E-state index in [1.807, 2.05) is 0 Å². The van der Waals surface area contributed by atoms with Crippen LogP contribution in [0.15, 0.2) is 0 Å². The molecule has 0 bridgehead atoms. The standard InChI is InChI=1S/C24H43O10P/c1-22(2,3)32-19(27)13-11-17(21(30)33-23(4,5)6)15-35(31,34-24(7,8)9)14-16(20(28)29)10-12-18(25)26/h16-17H,10-15H2,1-9H3,(H,25,26)(H,28,29). The summed E-state index contributed by atoms with van der Waals surface area (Å²) in [4.78, 5) is 48.0. The highest BCUT2D eigenvalue weighted by Gasteiger charge is 2.40. The Morgan fingerprint density at radius 1 is 0.714 bits per heavy atom. The summed E-state index contributed by atoms with van der Waals surface area (Å²) in [6.45, 7) is 15.1. The summed E-state index contributed by atoms with van der Waals surface area (Å²) in [5, 5.41) is 18.6. The number of rotatable bonds is 13. The Balaban J connectivity index is 6.01. The molecule has 0 saturated carbocycles. The molecule has 11 heteroatoms. The Morgan fingerprint density at radius 3 is 1.57 bits per heavy atom. The number of aliphatic carboxylic acids is 2. The number of hydrogen-bond donors (Lipinski definition) is 2. The summed E-state index contributed by atoms with van der Waals surface area (Å²) in [6, 6.07) is 0. The Kier molecular flexibility index (Phi) is 12.1. The van der Waals surface area contributed by atoms with Crippen molar-refractivity contribution in [2.45, 2.75) is 105 Å². The molecule has 0 heterocycles. The smallest absolute Gasteiger partial charge is 0.310 e. The zero-order valence-corrected chi connectivity index (χ0v) is 23.4. The predicted octanol–water partition coefficient (Wildman–Crippen LogP) is 4.73. The Hall–Kier alpha value is -1.93. The number of carbonyl (C=O) groups excluding carboxylic acids is 2. The van der Waals surface area contributed by atoms with E-state index in [2.05, 4.69) is 0 Å². The van der Waals surface area contributed by atoms with E-state index in [0.717, 1.165) is 0 Å². The number of hydrogen-bond acceptors (Lipinski definition) is 8. The molecule has 0 aromatic heterocycles. The quantitative estimate of drug-likeness (QED) is 0.256. The molecule has 0 aliphatic heterocycles. The summed E-state index contributed by atoms with van der Waals surface area (Å²) in [7, 11) is -3.81. The van der Waals surface area contributed by atoms with E-state index in [9.17, 15) is 28.8 Å². The lowest BCUT2D eigenvalue weighted by molar-refractivity contribution is -0.160. The fraction of sp³-hybridized carbons (Fsp3) is 0.833. The highest BCUT2D eigenvalue weighted by Crippen LogP contribution is 2.54. The second kappa shape index (κ2) is 12.9. The van der Waals surface area contributed by atoms with Crippen LogP contribution in [0.4, 0.5) is 0 Å². The zero-order valence-electron chi connectivity index (χ0n) is 22.5. The van der Waals surface area contributed by atoms with E-state index < -0.39 is 72.5 Å². The predicted molar refractivity (Wildman–Crippen MR) is 131 cm³/mol.